The quantitative estimate of drug-likeness (QED) is 0.888. The molecule has 92 valence electrons. The number of hydrogen-bond donors (Lipinski definition) is 1. The fourth-order valence-corrected chi connectivity index (χ4v) is 2.35. The lowest BCUT2D eigenvalue weighted by Gasteiger charge is -2.20. The number of fused-ring (bicyclic) bond motifs is 1. The molecule has 0 saturated heterocycles. The summed E-state index contributed by atoms with van der Waals surface area (Å²) in [7, 11) is 0. The number of benzene rings is 1. The highest BCUT2D eigenvalue weighted by Crippen LogP contribution is 2.22. The van der Waals surface area contributed by atoms with Crippen molar-refractivity contribution in [2.45, 2.75) is 20.5 Å². The van der Waals surface area contributed by atoms with E-state index in [-0.39, 0.29) is 12.0 Å². The van der Waals surface area contributed by atoms with E-state index >= 15 is 0 Å². The number of para-hydroxylation sites is 1. The zero-order valence-corrected chi connectivity index (χ0v) is 11.0. The Balaban J connectivity index is 1.95. The highest BCUT2D eigenvalue weighted by atomic mass is 32.1. The summed E-state index contributed by atoms with van der Waals surface area (Å²) < 4.78 is 6.78. The molecule has 0 amide bonds. The lowest BCUT2D eigenvalue weighted by atomic mass is 9.97. The first kappa shape index (κ1) is 12.5. The molecule has 1 aromatic carbocycles. The lowest BCUT2D eigenvalue weighted by Crippen LogP contribution is -2.23. The Hall–Kier alpha value is -0.970. The van der Waals surface area contributed by atoms with Gasteiger partial charge in [0.2, 0.25) is 0 Å². The Labute approximate surface area is 105 Å². The monoisotopic (exact) mass is 251 g/mol. The molecule has 0 radical (unpaired) electrons. The van der Waals surface area contributed by atoms with Crippen LogP contribution in [0.4, 0.5) is 0 Å². The minimum atomic E-state index is -0.184. The maximum Gasteiger partial charge on any atom is 0.120 e. The van der Waals surface area contributed by atoms with Crippen LogP contribution in [0.5, 0.6) is 0 Å². The molecule has 2 rings (SSSR count). The highest BCUT2D eigenvalue weighted by molar-refractivity contribution is 7.18. The molecule has 0 spiro atoms. The van der Waals surface area contributed by atoms with E-state index < -0.39 is 0 Å². The van der Waals surface area contributed by atoms with Crippen LogP contribution in [-0.4, -0.2) is 23.3 Å². The summed E-state index contributed by atoms with van der Waals surface area (Å²) in [5.41, 5.74) is 0.842. The molecular weight excluding hydrogens is 234 g/mol. The van der Waals surface area contributed by atoms with E-state index in [2.05, 4.69) is 11.1 Å². The van der Waals surface area contributed by atoms with Gasteiger partial charge >= 0.3 is 0 Å². The first-order valence-electron chi connectivity index (χ1n) is 5.64. The first-order valence-corrected chi connectivity index (χ1v) is 6.45. The largest absolute Gasteiger partial charge is 0.396 e. The number of aromatic nitrogens is 1. The smallest absolute Gasteiger partial charge is 0.120 e. The van der Waals surface area contributed by atoms with Crippen molar-refractivity contribution in [3.63, 3.8) is 0 Å². The number of nitrogens with zero attached hydrogens (tertiary/aromatic N) is 1. The van der Waals surface area contributed by atoms with Crippen LogP contribution in [0, 0.1) is 5.41 Å². The van der Waals surface area contributed by atoms with Crippen molar-refractivity contribution in [2.75, 3.05) is 13.2 Å². The average Bonchev–Trinajstić information content (AvgIpc) is 2.71. The molecule has 0 bridgehead atoms. The second kappa shape index (κ2) is 5.12. The van der Waals surface area contributed by atoms with Gasteiger partial charge in [0.15, 0.2) is 0 Å². The Morgan fingerprint density at radius 1 is 1.35 bits per heavy atom. The van der Waals surface area contributed by atoms with Gasteiger partial charge in [0.05, 0.1) is 30.0 Å². The third-order valence-corrected chi connectivity index (χ3v) is 3.49. The average molecular weight is 251 g/mol. The molecule has 1 heterocycles. The summed E-state index contributed by atoms with van der Waals surface area (Å²) in [6.45, 7) is 5.14. The number of hydrogen-bond acceptors (Lipinski definition) is 4. The minimum Gasteiger partial charge on any atom is -0.396 e. The Bertz CT molecular complexity index is 460. The van der Waals surface area contributed by atoms with Gasteiger partial charge in [0.25, 0.3) is 0 Å². The fourth-order valence-electron chi connectivity index (χ4n) is 1.44. The molecule has 0 saturated carbocycles. The molecule has 0 atom stereocenters. The number of aliphatic hydroxyl groups is 1. The van der Waals surface area contributed by atoms with Crippen LogP contribution in [0.2, 0.25) is 0 Å². The zero-order valence-electron chi connectivity index (χ0n) is 10.1. The molecule has 0 aliphatic carbocycles. The predicted octanol–water partition coefficient (Wildman–Crippen LogP) is 2.83. The normalized spacial score (nSPS) is 12.2. The van der Waals surface area contributed by atoms with Crippen molar-refractivity contribution in [2.24, 2.45) is 5.41 Å². The molecular formula is C13H17NO2S. The number of aliphatic hydroxyl groups excluding tert-OH is 1. The van der Waals surface area contributed by atoms with Crippen molar-refractivity contribution in [1.82, 2.24) is 4.98 Å². The van der Waals surface area contributed by atoms with Crippen molar-refractivity contribution in [3.8, 4) is 0 Å². The SMILES string of the molecule is CC(C)(CO)COCc1nc2ccccc2s1. The van der Waals surface area contributed by atoms with Gasteiger partial charge < -0.3 is 9.84 Å². The van der Waals surface area contributed by atoms with Crippen LogP contribution in [0.25, 0.3) is 10.2 Å². The Morgan fingerprint density at radius 2 is 2.12 bits per heavy atom. The maximum atomic E-state index is 9.11. The van der Waals surface area contributed by atoms with Gasteiger partial charge in [-0.05, 0) is 12.1 Å². The molecule has 1 N–H and O–H groups in total. The van der Waals surface area contributed by atoms with E-state index in [4.69, 9.17) is 9.84 Å². The zero-order chi connectivity index (χ0) is 12.3. The summed E-state index contributed by atoms with van der Waals surface area (Å²) in [6.07, 6.45) is 0. The van der Waals surface area contributed by atoms with Crippen LogP contribution in [0.1, 0.15) is 18.9 Å². The van der Waals surface area contributed by atoms with Crippen molar-refractivity contribution >= 4 is 21.6 Å². The van der Waals surface area contributed by atoms with Gasteiger partial charge in [-0.25, -0.2) is 4.98 Å². The summed E-state index contributed by atoms with van der Waals surface area (Å²) >= 11 is 1.66. The van der Waals surface area contributed by atoms with Crippen LogP contribution >= 0.6 is 11.3 Å². The summed E-state index contributed by atoms with van der Waals surface area (Å²) in [5.74, 6) is 0. The molecule has 1 aromatic heterocycles. The number of ether oxygens (including phenoxy) is 1. The second-order valence-electron chi connectivity index (χ2n) is 4.89. The van der Waals surface area contributed by atoms with Gasteiger partial charge in [-0.2, -0.15) is 0 Å². The minimum absolute atomic E-state index is 0.132. The molecule has 0 unspecified atom stereocenters. The van der Waals surface area contributed by atoms with Crippen molar-refractivity contribution in [1.29, 1.82) is 0 Å². The molecule has 17 heavy (non-hydrogen) atoms. The molecule has 4 heteroatoms. The van der Waals surface area contributed by atoms with Gasteiger partial charge in [-0.1, -0.05) is 26.0 Å². The topological polar surface area (TPSA) is 42.4 Å². The molecule has 0 fully saturated rings. The molecule has 0 aliphatic rings. The van der Waals surface area contributed by atoms with Crippen LogP contribution in [0.3, 0.4) is 0 Å². The lowest BCUT2D eigenvalue weighted by molar-refractivity contribution is 0.0197. The van der Waals surface area contributed by atoms with Gasteiger partial charge in [0, 0.05) is 5.41 Å². The van der Waals surface area contributed by atoms with Crippen LogP contribution < -0.4 is 0 Å². The van der Waals surface area contributed by atoms with E-state index in [1.54, 1.807) is 11.3 Å². The fraction of sp³-hybridized carbons (Fsp3) is 0.462. The third kappa shape index (κ3) is 3.25. The van der Waals surface area contributed by atoms with E-state index in [0.717, 1.165) is 10.5 Å². The Morgan fingerprint density at radius 3 is 2.82 bits per heavy atom. The third-order valence-electron chi connectivity index (χ3n) is 2.48. The van der Waals surface area contributed by atoms with Crippen molar-refractivity contribution in [3.05, 3.63) is 29.3 Å². The first-order chi connectivity index (χ1) is 8.11. The number of rotatable bonds is 5. The summed E-state index contributed by atoms with van der Waals surface area (Å²) in [5, 5.41) is 10.1. The van der Waals surface area contributed by atoms with E-state index in [1.165, 1.54) is 4.70 Å². The van der Waals surface area contributed by atoms with Crippen LogP contribution in [-0.2, 0) is 11.3 Å². The standard InChI is InChI=1S/C13H17NO2S/c1-13(2,8-15)9-16-7-12-14-10-5-3-4-6-11(10)17-12/h3-6,15H,7-9H2,1-2H3. The van der Waals surface area contributed by atoms with E-state index in [9.17, 15) is 0 Å². The Kier molecular flexibility index (Phi) is 3.76. The molecule has 2 aromatic rings. The molecule has 3 nitrogen and oxygen atoms in total. The predicted molar refractivity (Wildman–Crippen MR) is 70.1 cm³/mol. The van der Waals surface area contributed by atoms with E-state index in [1.807, 2.05) is 32.0 Å². The van der Waals surface area contributed by atoms with Gasteiger partial charge in [0.1, 0.15) is 5.01 Å². The summed E-state index contributed by atoms with van der Waals surface area (Å²) in [6, 6.07) is 8.07. The van der Waals surface area contributed by atoms with Crippen LogP contribution in [0.15, 0.2) is 24.3 Å². The molecule has 0 aliphatic heterocycles. The summed E-state index contributed by atoms with van der Waals surface area (Å²) in [4.78, 5) is 4.49. The van der Waals surface area contributed by atoms with Crippen molar-refractivity contribution < 1.29 is 9.84 Å². The maximum absolute atomic E-state index is 9.11. The number of thiazole rings is 1. The van der Waals surface area contributed by atoms with E-state index in [0.29, 0.717) is 13.2 Å². The highest BCUT2D eigenvalue weighted by Gasteiger charge is 2.16. The van der Waals surface area contributed by atoms with Gasteiger partial charge in [-0.15, -0.1) is 11.3 Å². The second-order valence-corrected chi connectivity index (χ2v) is 6.01. The van der Waals surface area contributed by atoms with Gasteiger partial charge in [-0.3, -0.25) is 0 Å².